The van der Waals surface area contributed by atoms with Crippen molar-refractivity contribution in [1.82, 2.24) is 34.8 Å². The number of rotatable bonds is 20. The average Bonchev–Trinajstić information content (AvgIpc) is 1.58. The summed E-state index contributed by atoms with van der Waals surface area (Å²) in [7, 11) is -9.14. The number of H-pyrrole nitrogens is 2. The molecule has 97 heavy (non-hydrogen) atoms. The number of anilines is 2. The van der Waals surface area contributed by atoms with Gasteiger partial charge in [0.2, 0.25) is 11.8 Å². The zero-order valence-corrected chi connectivity index (χ0v) is 62.8. The fourth-order valence-corrected chi connectivity index (χ4v) is 16.1. The molecule has 4 aromatic heterocycles. The van der Waals surface area contributed by atoms with Crippen molar-refractivity contribution >= 4 is 81.1 Å². The van der Waals surface area contributed by atoms with Crippen LogP contribution in [0.1, 0.15) is 97.9 Å². The zero-order chi connectivity index (χ0) is 69.8. The Morgan fingerprint density at radius 2 is 1.03 bits per heavy atom. The van der Waals surface area contributed by atoms with Gasteiger partial charge in [-0.1, -0.05) is 74.7 Å². The number of nitrogens with one attached hydrogen (secondary N) is 3. The number of amides is 2. The average molecular weight is 1400 g/mol. The van der Waals surface area contributed by atoms with Gasteiger partial charge in [-0.05, 0) is 187 Å². The third kappa shape index (κ3) is 17.2. The van der Waals surface area contributed by atoms with E-state index in [1.165, 1.54) is 33.9 Å². The summed E-state index contributed by atoms with van der Waals surface area (Å²) in [6.45, 7) is 33.1. The topological polar surface area (TPSA) is 245 Å². The number of nitrogens with zero attached hydrogens (tertiary/aromatic N) is 6. The highest BCUT2D eigenvalue weighted by atomic mass is 32.2. The molecule has 5 aliphatic rings. The van der Waals surface area contributed by atoms with Crippen molar-refractivity contribution in [3.05, 3.63) is 130 Å². The van der Waals surface area contributed by atoms with E-state index in [0.29, 0.717) is 44.3 Å². The van der Waals surface area contributed by atoms with E-state index >= 15 is 0 Å². The van der Waals surface area contributed by atoms with Crippen LogP contribution < -0.4 is 15.1 Å². The second-order valence-electron chi connectivity index (χ2n) is 29.9. The zero-order valence-electron chi connectivity index (χ0n) is 59.2. The molecule has 0 unspecified atom stereocenters. The molecule has 20 nitrogen and oxygen atoms in total. The fourth-order valence-electron chi connectivity index (χ4n) is 13.0. The first kappa shape index (κ1) is 73.1. The van der Waals surface area contributed by atoms with Gasteiger partial charge < -0.3 is 44.4 Å². The normalized spacial score (nSPS) is 16.4. The summed E-state index contributed by atoms with van der Waals surface area (Å²) < 4.78 is 73.3. The monoisotopic (exact) mass is 1400 g/mol. The molecule has 4 N–H and O–H groups in total. The number of hydrogen-bond acceptors (Lipinski definition) is 14. The Bertz CT molecular complexity index is 4340. The molecule has 13 rings (SSSR count). The molecule has 3 aliphatic heterocycles. The molecule has 2 amide bonds. The molecule has 7 heterocycles. The van der Waals surface area contributed by atoms with Crippen molar-refractivity contribution in [2.75, 3.05) is 81.9 Å². The lowest BCUT2D eigenvalue weighted by molar-refractivity contribution is -0.122. The van der Waals surface area contributed by atoms with Crippen LogP contribution in [-0.4, -0.2) is 152 Å². The summed E-state index contributed by atoms with van der Waals surface area (Å²) in [4.78, 5) is 38.3. The SMILES string of the molecule is C1COCCN1.CC1(C)C(=O)N(CCCO)c2cc3c4c([nH]c3cc21)-c1nn(COCC[Si](C)(C)C)cc1CCC4.Cc1ccc(S(=O)(=O)OCCCN2C(=O)C(C)(C)c3cc4[nH]c5c(c4cc32)CCCc2cn(COCC[Si](C)(C)C)nc2-5)cc1.Cc1ccc(S(C)(=O)=O)cc1. The minimum Gasteiger partial charge on any atom is -0.396 e. The minimum absolute atomic E-state index is 0.00721. The molecule has 1 saturated heterocycles. The summed E-state index contributed by atoms with van der Waals surface area (Å²) in [5.74, 6) is 0.114. The van der Waals surface area contributed by atoms with Crippen LogP contribution >= 0.6 is 0 Å². The van der Waals surface area contributed by atoms with Gasteiger partial charge >= 0.3 is 0 Å². The summed E-state index contributed by atoms with van der Waals surface area (Å²) >= 11 is 0. The highest BCUT2D eigenvalue weighted by Crippen LogP contribution is 2.48. The van der Waals surface area contributed by atoms with E-state index in [1.807, 2.05) is 55.8 Å². The van der Waals surface area contributed by atoms with Gasteiger partial charge in [0.15, 0.2) is 9.84 Å². The minimum atomic E-state index is -3.86. The van der Waals surface area contributed by atoms with E-state index in [2.05, 4.69) is 91.2 Å². The molecule has 0 saturated carbocycles. The van der Waals surface area contributed by atoms with Crippen molar-refractivity contribution < 1.29 is 49.9 Å². The van der Waals surface area contributed by atoms with E-state index in [9.17, 15) is 31.5 Å². The molecular formula is C73H101N9O11S2Si2. The number of morpholine rings is 1. The summed E-state index contributed by atoms with van der Waals surface area (Å²) in [5.41, 5.74) is 15.8. The smallest absolute Gasteiger partial charge is 0.296 e. The molecule has 0 radical (unpaired) electrons. The summed E-state index contributed by atoms with van der Waals surface area (Å²) in [6.07, 6.45) is 12.3. The standard InChI is InChI=1S/C34H44N4O5SSi.C27H38N4O3Si.C8H10O2S.C4H9NO/c1-23-11-13-25(14-12-23)44(40,41)43-16-8-15-38-30-19-27-26-10-7-9-24-21-37(22-42-17-18-45(4,5)6)36-31(24)32(26)35-29(27)20-28(30)34(2,3)33(38)39;1-27(2)21-15-22-20(14-23(21)31(26(27)33)10-7-11-32)19-9-6-8-18-16-30(29-24(18)25(19)28-22)17-34-12-13-35(3,4)5;1-7-3-5-8(6-4-7)11(2,9)10;1-3-6-4-2-5-1/h11-14,19-21,35H,7-10,15-18,22H2,1-6H3;14-16,28,32H,6-13,17H2,1-5H3;3-6H,1-2H3;5H,1-4H2. The predicted octanol–water partition coefficient (Wildman–Crippen LogP) is 12.4. The van der Waals surface area contributed by atoms with Gasteiger partial charge in [0.1, 0.15) is 24.8 Å². The van der Waals surface area contributed by atoms with Gasteiger partial charge in [-0.25, -0.2) is 17.8 Å². The third-order valence-corrected chi connectivity index (χ3v) is 24.6. The molecule has 4 aromatic carbocycles. The molecule has 0 atom stereocenters. The fraction of sp³-hybridized carbons (Fsp3) is 0.507. The van der Waals surface area contributed by atoms with Crippen LogP contribution in [0.15, 0.2) is 95.0 Å². The molecule has 524 valence electrons. The molecular weight excluding hydrogens is 1300 g/mol. The molecule has 0 bridgehead atoms. The number of aliphatic hydroxyl groups is 1. The molecule has 24 heteroatoms. The second kappa shape index (κ2) is 30.1. The maximum Gasteiger partial charge on any atom is 0.296 e. The number of ether oxygens (including phenoxy) is 3. The maximum atomic E-state index is 13.6. The second-order valence-corrected chi connectivity index (χ2v) is 44.8. The predicted molar refractivity (Wildman–Crippen MR) is 391 cm³/mol. The van der Waals surface area contributed by atoms with E-state index in [0.717, 1.165) is 163 Å². The number of benzene rings is 4. The summed E-state index contributed by atoms with van der Waals surface area (Å²) in [5, 5.41) is 24.7. The van der Waals surface area contributed by atoms with Crippen LogP contribution in [0.25, 0.3) is 44.6 Å². The van der Waals surface area contributed by atoms with Crippen LogP contribution in [0.5, 0.6) is 0 Å². The number of carbonyl (C=O) groups is 2. The first-order valence-electron chi connectivity index (χ1n) is 34.3. The van der Waals surface area contributed by atoms with Crippen molar-refractivity contribution in [3.8, 4) is 22.8 Å². The lowest BCUT2D eigenvalue weighted by Crippen LogP contribution is -2.37. The van der Waals surface area contributed by atoms with Crippen LogP contribution in [0.4, 0.5) is 11.4 Å². The van der Waals surface area contributed by atoms with Gasteiger partial charge in [-0.3, -0.25) is 13.8 Å². The van der Waals surface area contributed by atoms with Crippen LogP contribution in [0.3, 0.4) is 0 Å². The van der Waals surface area contributed by atoms with Gasteiger partial charge in [0, 0.05) is 114 Å². The van der Waals surface area contributed by atoms with E-state index in [1.54, 1.807) is 53.4 Å². The van der Waals surface area contributed by atoms with Crippen LogP contribution in [0.2, 0.25) is 51.4 Å². The number of sulfone groups is 1. The number of fused-ring (bicyclic) bond motifs is 12. The lowest BCUT2D eigenvalue weighted by Gasteiger charge is -2.20. The van der Waals surface area contributed by atoms with Gasteiger partial charge in [0.05, 0.1) is 51.8 Å². The lowest BCUT2D eigenvalue weighted by atomic mass is 9.85. The Morgan fingerprint density at radius 1 is 0.598 bits per heavy atom. The van der Waals surface area contributed by atoms with Crippen LogP contribution in [0, 0.1) is 13.8 Å². The Balaban J connectivity index is 0.000000172. The number of aromatic amines is 2. The Kier molecular flexibility index (Phi) is 22.7. The number of hydrogen-bond donors (Lipinski definition) is 4. The first-order valence-corrected chi connectivity index (χ1v) is 45.0. The summed E-state index contributed by atoms with van der Waals surface area (Å²) in [6, 6.07) is 24.3. The van der Waals surface area contributed by atoms with Crippen molar-refractivity contribution in [1.29, 1.82) is 0 Å². The van der Waals surface area contributed by atoms with Crippen molar-refractivity contribution in [2.45, 2.75) is 178 Å². The maximum absolute atomic E-state index is 13.6. The molecule has 8 aromatic rings. The highest BCUT2D eigenvalue weighted by molar-refractivity contribution is 7.90. The van der Waals surface area contributed by atoms with Crippen molar-refractivity contribution in [3.63, 3.8) is 0 Å². The Hall–Kier alpha value is -6.59. The highest BCUT2D eigenvalue weighted by Gasteiger charge is 2.46. The molecule has 0 spiro atoms. The van der Waals surface area contributed by atoms with Crippen LogP contribution in [-0.2, 0) is 97.9 Å². The van der Waals surface area contributed by atoms with E-state index < -0.39 is 46.9 Å². The quantitative estimate of drug-likeness (QED) is 0.0315. The Labute approximate surface area is 575 Å². The largest absolute Gasteiger partial charge is 0.396 e. The van der Waals surface area contributed by atoms with Gasteiger partial charge in [-0.15, -0.1) is 0 Å². The molecule has 1 fully saturated rings. The van der Waals surface area contributed by atoms with E-state index in [-0.39, 0.29) is 29.9 Å². The third-order valence-electron chi connectivity index (χ3n) is 18.8. The van der Waals surface area contributed by atoms with Gasteiger partial charge in [-0.2, -0.15) is 18.6 Å². The van der Waals surface area contributed by atoms with Gasteiger partial charge in [0.25, 0.3) is 10.1 Å². The first-order chi connectivity index (χ1) is 45.8. The number of aromatic nitrogens is 6. The van der Waals surface area contributed by atoms with Crippen molar-refractivity contribution in [2.24, 2.45) is 0 Å². The molecule has 2 aliphatic carbocycles. The number of carbonyl (C=O) groups excluding carboxylic acids is 2. The van der Waals surface area contributed by atoms with E-state index in [4.69, 9.17) is 28.6 Å². The number of aliphatic hydroxyl groups excluding tert-OH is 1. The Morgan fingerprint density at radius 3 is 1.42 bits per heavy atom. The number of aryl methyl sites for hydroxylation is 6.